The molecule has 1 aromatic heterocycles. The number of halogens is 1. The quantitative estimate of drug-likeness (QED) is 0.740. The van der Waals surface area contributed by atoms with Gasteiger partial charge in [-0.3, -0.25) is 9.78 Å². The van der Waals surface area contributed by atoms with Gasteiger partial charge in [-0.15, -0.1) is 6.58 Å². The minimum atomic E-state index is 0.108. The maximum absolute atomic E-state index is 11.8. The van der Waals surface area contributed by atoms with Gasteiger partial charge in [-0.1, -0.05) is 17.7 Å². The van der Waals surface area contributed by atoms with E-state index in [1.54, 1.807) is 17.2 Å². The summed E-state index contributed by atoms with van der Waals surface area (Å²) in [5.74, 6) is 0.336. The predicted molar refractivity (Wildman–Crippen MR) is 64.6 cm³/mol. The molecule has 1 fully saturated rings. The normalized spacial score (nSPS) is 20.2. The SMILES string of the molecule is C=CC1CC(=O)N(c2cc(Cl)cnc2C)C1. The molecule has 0 N–H and O–H groups in total. The highest BCUT2D eigenvalue weighted by atomic mass is 35.5. The minimum absolute atomic E-state index is 0.108. The van der Waals surface area contributed by atoms with Gasteiger partial charge in [0, 0.05) is 25.1 Å². The number of hydrogen-bond donors (Lipinski definition) is 0. The summed E-state index contributed by atoms with van der Waals surface area (Å²) in [5.41, 5.74) is 1.63. The van der Waals surface area contributed by atoms with Crippen LogP contribution in [0.5, 0.6) is 0 Å². The van der Waals surface area contributed by atoms with Crippen molar-refractivity contribution in [3.05, 3.63) is 35.6 Å². The number of carbonyl (C=O) groups is 1. The lowest BCUT2D eigenvalue weighted by Gasteiger charge is -2.18. The fraction of sp³-hybridized carbons (Fsp3) is 0.333. The Kier molecular flexibility index (Phi) is 2.97. The molecule has 1 aliphatic rings. The Hall–Kier alpha value is -1.35. The van der Waals surface area contributed by atoms with E-state index >= 15 is 0 Å². The second kappa shape index (κ2) is 4.26. The molecule has 0 aliphatic carbocycles. The zero-order chi connectivity index (χ0) is 11.7. The Morgan fingerprint density at radius 1 is 1.69 bits per heavy atom. The summed E-state index contributed by atoms with van der Waals surface area (Å²) in [6, 6.07) is 1.78. The largest absolute Gasteiger partial charge is 0.310 e. The molecule has 84 valence electrons. The van der Waals surface area contributed by atoms with Crippen LogP contribution in [0.15, 0.2) is 24.9 Å². The number of anilines is 1. The fourth-order valence-electron chi connectivity index (χ4n) is 1.90. The van der Waals surface area contributed by atoms with Crippen LogP contribution >= 0.6 is 11.6 Å². The third-order valence-corrected chi connectivity index (χ3v) is 3.01. The lowest BCUT2D eigenvalue weighted by atomic mass is 10.1. The number of pyridine rings is 1. The van der Waals surface area contributed by atoms with Crippen LogP contribution in [0.1, 0.15) is 12.1 Å². The molecule has 0 radical (unpaired) electrons. The summed E-state index contributed by atoms with van der Waals surface area (Å²) < 4.78 is 0. The van der Waals surface area contributed by atoms with Crippen molar-refractivity contribution in [3.63, 3.8) is 0 Å². The third-order valence-electron chi connectivity index (χ3n) is 2.81. The summed E-state index contributed by atoms with van der Waals surface area (Å²) in [4.78, 5) is 17.7. The Labute approximate surface area is 99.7 Å². The van der Waals surface area contributed by atoms with Gasteiger partial charge in [0.15, 0.2) is 0 Å². The summed E-state index contributed by atoms with van der Waals surface area (Å²) in [7, 11) is 0. The molecule has 4 heteroatoms. The van der Waals surface area contributed by atoms with Gasteiger partial charge in [-0.25, -0.2) is 0 Å². The first kappa shape index (κ1) is 11.1. The summed E-state index contributed by atoms with van der Waals surface area (Å²) in [6.45, 7) is 6.27. The Bertz CT molecular complexity index is 445. The molecule has 1 unspecified atom stereocenters. The molecule has 16 heavy (non-hydrogen) atoms. The van der Waals surface area contributed by atoms with Crippen LogP contribution in [0.25, 0.3) is 0 Å². The standard InChI is InChI=1S/C12H13ClN2O/c1-3-9-4-12(16)15(7-9)11-5-10(13)6-14-8(11)2/h3,5-6,9H,1,4,7H2,2H3. The van der Waals surface area contributed by atoms with E-state index in [0.717, 1.165) is 11.4 Å². The molecule has 1 aromatic rings. The average molecular weight is 237 g/mol. The first-order chi connectivity index (χ1) is 7.61. The third kappa shape index (κ3) is 1.95. The van der Waals surface area contributed by atoms with Crippen LogP contribution in [-0.4, -0.2) is 17.4 Å². The maximum atomic E-state index is 11.8. The number of amides is 1. The number of aromatic nitrogens is 1. The molecule has 0 bridgehead atoms. The van der Waals surface area contributed by atoms with Gasteiger partial charge in [-0.05, 0) is 13.0 Å². The second-order valence-electron chi connectivity index (χ2n) is 3.96. The summed E-state index contributed by atoms with van der Waals surface area (Å²) >= 11 is 5.89. The average Bonchev–Trinajstić information content (AvgIpc) is 2.63. The number of hydrogen-bond acceptors (Lipinski definition) is 2. The van der Waals surface area contributed by atoms with Crippen LogP contribution in [0.2, 0.25) is 5.02 Å². The van der Waals surface area contributed by atoms with Gasteiger partial charge < -0.3 is 4.90 Å². The molecule has 1 atom stereocenters. The first-order valence-electron chi connectivity index (χ1n) is 5.17. The first-order valence-corrected chi connectivity index (χ1v) is 5.54. The molecule has 2 heterocycles. The van der Waals surface area contributed by atoms with Crippen molar-refractivity contribution in [3.8, 4) is 0 Å². The van der Waals surface area contributed by atoms with Crippen molar-refractivity contribution in [2.75, 3.05) is 11.4 Å². The molecular formula is C12H13ClN2O. The lowest BCUT2D eigenvalue weighted by molar-refractivity contribution is -0.117. The van der Waals surface area contributed by atoms with E-state index in [9.17, 15) is 4.79 Å². The van der Waals surface area contributed by atoms with Crippen LogP contribution < -0.4 is 4.90 Å². The highest BCUT2D eigenvalue weighted by Gasteiger charge is 2.29. The van der Waals surface area contributed by atoms with E-state index in [1.165, 1.54) is 0 Å². The van der Waals surface area contributed by atoms with Gasteiger partial charge in [0.2, 0.25) is 5.91 Å². The van der Waals surface area contributed by atoms with Crippen molar-refractivity contribution in [2.45, 2.75) is 13.3 Å². The van der Waals surface area contributed by atoms with E-state index in [2.05, 4.69) is 11.6 Å². The van der Waals surface area contributed by atoms with Gasteiger partial charge in [0.25, 0.3) is 0 Å². The molecule has 0 aromatic carbocycles. The maximum Gasteiger partial charge on any atom is 0.227 e. The molecule has 1 amide bonds. The molecule has 3 nitrogen and oxygen atoms in total. The zero-order valence-corrected chi connectivity index (χ0v) is 9.87. The fourth-order valence-corrected chi connectivity index (χ4v) is 2.05. The molecule has 0 spiro atoms. The van der Waals surface area contributed by atoms with Crippen LogP contribution in [0.4, 0.5) is 5.69 Å². The van der Waals surface area contributed by atoms with Crippen molar-refractivity contribution < 1.29 is 4.79 Å². The predicted octanol–water partition coefficient (Wildman–Crippen LogP) is 2.58. The Morgan fingerprint density at radius 3 is 3.06 bits per heavy atom. The van der Waals surface area contributed by atoms with Gasteiger partial charge in [0.05, 0.1) is 16.4 Å². The second-order valence-corrected chi connectivity index (χ2v) is 4.40. The summed E-state index contributed by atoms with van der Waals surface area (Å²) in [6.07, 6.45) is 3.94. The van der Waals surface area contributed by atoms with Crippen molar-refractivity contribution in [1.82, 2.24) is 4.98 Å². The van der Waals surface area contributed by atoms with Crippen LogP contribution in [-0.2, 0) is 4.79 Å². The van der Waals surface area contributed by atoms with E-state index in [0.29, 0.717) is 18.0 Å². The van der Waals surface area contributed by atoms with E-state index in [1.807, 2.05) is 13.0 Å². The molecule has 1 saturated heterocycles. The topological polar surface area (TPSA) is 33.2 Å². The van der Waals surface area contributed by atoms with Gasteiger partial charge >= 0.3 is 0 Å². The van der Waals surface area contributed by atoms with Crippen LogP contribution in [0, 0.1) is 12.8 Å². The highest BCUT2D eigenvalue weighted by Crippen LogP contribution is 2.29. The smallest absolute Gasteiger partial charge is 0.227 e. The van der Waals surface area contributed by atoms with Crippen LogP contribution in [0.3, 0.4) is 0 Å². The number of aryl methyl sites for hydroxylation is 1. The molecular weight excluding hydrogens is 224 g/mol. The number of nitrogens with zero attached hydrogens (tertiary/aromatic N) is 2. The molecule has 2 rings (SSSR count). The summed E-state index contributed by atoms with van der Waals surface area (Å²) in [5, 5.41) is 0.551. The van der Waals surface area contributed by atoms with Gasteiger partial charge in [0.1, 0.15) is 0 Å². The minimum Gasteiger partial charge on any atom is -0.310 e. The number of carbonyl (C=O) groups excluding carboxylic acids is 1. The monoisotopic (exact) mass is 236 g/mol. The lowest BCUT2D eigenvalue weighted by Crippen LogP contribution is -2.25. The van der Waals surface area contributed by atoms with Crippen molar-refractivity contribution >= 4 is 23.2 Å². The van der Waals surface area contributed by atoms with E-state index in [4.69, 9.17) is 11.6 Å². The Balaban J connectivity index is 2.34. The van der Waals surface area contributed by atoms with E-state index < -0.39 is 0 Å². The Morgan fingerprint density at radius 2 is 2.44 bits per heavy atom. The molecule has 0 saturated carbocycles. The van der Waals surface area contributed by atoms with Crippen molar-refractivity contribution in [2.24, 2.45) is 5.92 Å². The van der Waals surface area contributed by atoms with Crippen molar-refractivity contribution in [1.29, 1.82) is 0 Å². The van der Waals surface area contributed by atoms with E-state index in [-0.39, 0.29) is 11.8 Å². The zero-order valence-electron chi connectivity index (χ0n) is 9.11. The number of rotatable bonds is 2. The molecule has 1 aliphatic heterocycles. The highest BCUT2D eigenvalue weighted by molar-refractivity contribution is 6.30. The van der Waals surface area contributed by atoms with Gasteiger partial charge in [-0.2, -0.15) is 0 Å².